The van der Waals surface area contributed by atoms with Crippen molar-refractivity contribution < 1.29 is 4.79 Å². The molecule has 4 rings (SSSR count). The minimum Gasteiger partial charge on any atom is -0.366 e. The van der Waals surface area contributed by atoms with E-state index >= 15 is 0 Å². The second kappa shape index (κ2) is 4.70. The highest BCUT2D eigenvalue weighted by Crippen LogP contribution is 2.29. The van der Waals surface area contributed by atoms with Crippen LogP contribution in [-0.4, -0.2) is 15.9 Å². The molecule has 0 saturated carbocycles. The average Bonchev–Trinajstić information content (AvgIpc) is 2.97. The van der Waals surface area contributed by atoms with Crippen molar-refractivity contribution in [3.63, 3.8) is 0 Å². The summed E-state index contributed by atoms with van der Waals surface area (Å²) >= 11 is 0. The Morgan fingerprint density at radius 1 is 1.00 bits per heavy atom. The van der Waals surface area contributed by atoms with Gasteiger partial charge in [-0.25, -0.2) is 0 Å². The summed E-state index contributed by atoms with van der Waals surface area (Å²) < 4.78 is 0. The fraction of sp³-hybridized carbons (Fsp3) is 0. The molecule has 4 nitrogen and oxygen atoms in total. The van der Waals surface area contributed by atoms with Crippen LogP contribution in [0.25, 0.3) is 33.1 Å². The zero-order chi connectivity index (χ0) is 15.1. The van der Waals surface area contributed by atoms with E-state index in [4.69, 9.17) is 5.73 Å². The van der Waals surface area contributed by atoms with Gasteiger partial charge in [0.25, 0.3) is 0 Å². The van der Waals surface area contributed by atoms with Crippen LogP contribution in [0.3, 0.4) is 0 Å². The smallest absolute Gasteiger partial charge is 0.249 e. The Morgan fingerprint density at radius 2 is 1.86 bits per heavy atom. The van der Waals surface area contributed by atoms with Crippen molar-refractivity contribution in [1.29, 1.82) is 0 Å². The van der Waals surface area contributed by atoms with Gasteiger partial charge in [0.2, 0.25) is 5.91 Å². The van der Waals surface area contributed by atoms with Crippen molar-refractivity contribution in [3.8, 4) is 11.4 Å². The zero-order valence-electron chi connectivity index (χ0n) is 11.7. The third-order valence-corrected chi connectivity index (χ3v) is 3.86. The summed E-state index contributed by atoms with van der Waals surface area (Å²) in [4.78, 5) is 19.4. The Morgan fingerprint density at radius 3 is 2.73 bits per heavy atom. The van der Waals surface area contributed by atoms with E-state index in [1.165, 1.54) is 0 Å². The molecule has 2 heterocycles. The molecule has 0 spiro atoms. The van der Waals surface area contributed by atoms with Crippen LogP contribution in [0.2, 0.25) is 0 Å². The summed E-state index contributed by atoms with van der Waals surface area (Å²) in [6.45, 7) is 0. The molecule has 22 heavy (non-hydrogen) atoms. The normalized spacial score (nSPS) is 11.1. The molecule has 3 N–H and O–H groups in total. The van der Waals surface area contributed by atoms with E-state index in [1.54, 1.807) is 12.3 Å². The summed E-state index contributed by atoms with van der Waals surface area (Å²) in [7, 11) is 0. The van der Waals surface area contributed by atoms with Gasteiger partial charge in [0, 0.05) is 28.0 Å². The third kappa shape index (κ3) is 1.85. The minimum atomic E-state index is -0.429. The first kappa shape index (κ1) is 12.6. The monoisotopic (exact) mass is 287 g/mol. The molecule has 0 fully saturated rings. The molecule has 0 aliphatic carbocycles. The fourth-order valence-corrected chi connectivity index (χ4v) is 2.83. The molecule has 0 atom stereocenters. The number of aromatic amines is 1. The Hall–Kier alpha value is -3.14. The number of primary amides is 1. The highest BCUT2D eigenvalue weighted by Gasteiger charge is 2.12. The Balaban J connectivity index is 2.01. The van der Waals surface area contributed by atoms with Crippen molar-refractivity contribution >= 4 is 27.6 Å². The first-order valence-corrected chi connectivity index (χ1v) is 7.00. The van der Waals surface area contributed by atoms with Crippen molar-refractivity contribution in [1.82, 2.24) is 9.97 Å². The number of hydrogen-bond acceptors (Lipinski definition) is 2. The first-order chi connectivity index (χ1) is 10.7. The third-order valence-electron chi connectivity index (χ3n) is 3.86. The number of H-pyrrole nitrogens is 1. The molecular formula is C18H13N3O. The molecule has 0 radical (unpaired) electrons. The number of carbonyl (C=O) groups excluding carboxylic acids is 1. The molecule has 2 aromatic carbocycles. The fourth-order valence-electron chi connectivity index (χ4n) is 2.83. The summed E-state index contributed by atoms with van der Waals surface area (Å²) in [5.74, 6) is -0.429. The van der Waals surface area contributed by atoms with E-state index in [1.807, 2.05) is 42.5 Å². The van der Waals surface area contributed by atoms with Gasteiger partial charge in [-0.2, -0.15) is 0 Å². The van der Waals surface area contributed by atoms with Gasteiger partial charge in [0.1, 0.15) is 0 Å². The SMILES string of the molecule is NC(=O)c1cccc2[nH]c(-c3nccc4ccccc34)cc12. The predicted molar refractivity (Wildman–Crippen MR) is 87.6 cm³/mol. The quantitative estimate of drug-likeness (QED) is 0.592. The Kier molecular flexibility index (Phi) is 2.69. The van der Waals surface area contributed by atoms with Crippen LogP contribution in [-0.2, 0) is 0 Å². The molecule has 0 aliphatic rings. The van der Waals surface area contributed by atoms with Gasteiger partial charge in [-0.05, 0) is 29.7 Å². The lowest BCUT2D eigenvalue weighted by Crippen LogP contribution is -2.10. The highest BCUT2D eigenvalue weighted by atomic mass is 16.1. The predicted octanol–water partition coefficient (Wildman–Crippen LogP) is 3.48. The number of nitrogens with two attached hydrogens (primary N) is 1. The number of nitrogens with zero attached hydrogens (tertiary/aromatic N) is 1. The zero-order valence-corrected chi connectivity index (χ0v) is 11.7. The number of pyridine rings is 1. The maximum Gasteiger partial charge on any atom is 0.249 e. The van der Waals surface area contributed by atoms with E-state index in [0.717, 1.165) is 33.1 Å². The molecule has 2 aromatic heterocycles. The van der Waals surface area contributed by atoms with Crippen LogP contribution in [0.15, 0.2) is 60.8 Å². The minimum absolute atomic E-state index is 0.429. The van der Waals surface area contributed by atoms with Crippen LogP contribution < -0.4 is 5.73 Å². The number of carbonyl (C=O) groups is 1. The lowest BCUT2D eigenvalue weighted by molar-refractivity contribution is 0.100. The lowest BCUT2D eigenvalue weighted by Gasteiger charge is -2.02. The van der Waals surface area contributed by atoms with Crippen LogP contribution in [0, 0.1) is 0 Å². The first-order valence-electron chi connectivity index (χ1n) is 7.00. The maximum atomic E-state index is 11.6. The summed E-state index contributed by atoms with van der Waals surface area (Å²) in [6.07, 6.45) is 1.79. The topological polar surface area (TPSA) is 71.8 Å². The molecule has 4 aromatic rings. The van der Waals surface area contributed by atoms with Gasteiger partial charge >= 0.3 is 0 Å². The molecule has 0 aliphatic heterocycles. The van der Waals surface area contributed by atoms with Gasteiger partial charge in [0.15, 0.2) is 0 Å². The molecule has 0 bridgehead atoms. The molecule has 4 heteroatoms. The van der Waals surface area contributed by atoms with Crippen molar-refractivity contribution in [3.05, 3.63) is 66.4 Å². The molecular weight excluding hydrogens is 274 g/mol. The van der Waals surface area contributed by atoms with Crippen LogP contribution >= 0.6 is 0 Å². The number of aromatic nitrogens is 2. The largest absolute Gasteiger partial charge is 0.366 e. The number of rotatable bonds is 2. The van der Waals surface area contributed by atoms with E-state index in [2.05, 4.69) is 16.0 Å². The highest BCUT2D eigenvalue weighted by molar-refractivity contribution is 6.07. The molecule has 1 amide bonds. The van der Waals surface area contributed by atoms with Gasteiger partial charge in [0.05, 0.1) is 11.4 Å². The van der Waals surface area contributed by atoms with Gasteiger partial charge in [-0.15, -0.1) is 0 Å². The van der Waals surface area contributed by atoms with Crippen molar-refractivity contribution in [2.24, 2.45) is 5.73 Å². The van der Waals surface area contributed by atoms with Crippen LogP contribution in [0.5, 0.6) is 0 Å². The second-order valence-electron chi connectivity index (χ2n) is 5.19. The number of amides is 1. The number of fused-ring (bicyclic) bond motifs is 2. The number of nitrogens with one attached hydrogen (secondary N) is 1. The van der Waals surface area contributed by atoms with E-state index < -0.39 is 5.91 Å². The Labute approximate surface area is 126 Å². The number of benzene rings is 2. The summed E-state index contributed by atoms with van der Waals surface area (Å²) in [6, 6.07) is 17.5. The van der Waals surface area contributed by atoms with Gasteiger partial charge < -0.3 is 10.7 Å². The molecule has 0 saturated heterocycles. The van der Waals surface area contributed by atoms with E-state index in [0.29, 0.717) is 5.56 Å². The van der Waals surface area contributed by atoms with Crippen molar-refractivity contribution in [2.45, 2.75) is 0 Å². The number of hydrogen-bond donors (Lipinski definition) is 2. The van der Waals surface area contributed by atoms with E-state index in [9.17, 15) is 4.79 Å². The van der Waals surface area contributed by atoms with Crippen molar-refractivity contribution in [2.75, 3.05) is 0 Å². The average molecular weight is 287 g/mol. The van der Waals surface area contributed by atoms with Gasteiger partial charge in [-0.1, -0.05) is 30.3 Å². The Bertz CT molecular complexity index is 1010. The molecule has 106 valence electrons. The summed E-state index contributed by atoms with van der Waals surface area (Å²) in [5.41, 5.74) is 8.58. The maximum absolute atomic E-state index is 11.6. The lowest BCUT2D eigenvalue weighted by atomic mass is 10.1. The molecule has 0 unspecified atom stereocenters. The summed E-state index contributed by atoms with van der Waals surface area (Å²) in [5, 5.41) is 3.01. The van der Waals surface area contributed by atoms with Crippen LogP contribution in [0.1, 0.15) is 10.4 Å². The second-order valence-corrected chi connectivity index (χ2v) is 5.19. The van der Waals surface area contributed by atoms with E-state index in [-0.39, 0.29) is 0 Å². The standard InChI is InChI=1S/C18H13N3O/c19-18(22)13-6-3-7-15-14(13)10-16(21-15)17-12-5-2-1-4-11(12)8-9-20-17/h1-10,21H,(H2,19,22). The van der Waals surface area contributed by atoms with Crippen LogP contribution in [0.4, 0.5) is 0 Å². The van der Waals surface area contributed by atoms with Gasteiger partial charge in [-0.3, -0.25) is 9.78 Å².